The quantitative estimate of drug-likeness (QED) is 0.0932. The Kier molecular flexibility index (Phi) is 12.0. The van der Waals surface area contributed by atoms with Crippen molar-refractivity contribution in [3.05, 3.63) is 136 Å². The minimum Gasteiger partial charge on any atom is -0.384 e. The van der Waals surface area contributed by atoms with Gasteiger partial charge in [0.1, 0.15) is 11.7 Å². The summed E-state index contributed by atoms with van der Waals surface area (Å²) in [6.07, 6.45) is 4.36. The average molecular weight is 672 g/mol. The Hall–Kier alpha value is -4.83. The van der Waals surface area contributed by atoms with Crippen molar-refractivity contribution in [2.45, 2.75) is 51.7 Å². The van der Waals surface area contributed by atoms with Crippen LogP contribution < -0.4 is 11.5 Å². The van der Waals surface area contributed by atoms with E-state index in [9.17, 15) is 4.79 Å². The molecule has 50 heavy (non-hydrogen) atoms. The van der Waals surface area contributed by atoms with Crippen LogP contribution in [0.15, 0.2) is 97.1 Å². The second-order valence-corrected chi connectivity index (χ2v) is 13.1. The molecule has 2 heterocycles. The van der Waals surface area contributed by atoms with E-state index in [0.29, 0.717) is 25.2 Å². The lowest BCUT2D eigenvalue weighted by Gasteiger charge is -2.26. The highest BCUT2D eigenvalue weighted by Crippen LogP contribution is 2.23. The number of aromatic nitrogens is 2. The summed E-state index contributed by atoms with van der Waals surface area (Å²) in [6.45, 7) is 7.06. The van der Waals surface area contributed by atoms with Crippen molar-refractivity contribution in [1.29, 1.82) is 5.41 Å². The summed E-state index contributed by atoms with van der Waals surface area (Å²) in [5.41, 5.74) is 19.4. The molecule has 260 valence electrons. The zero-order chi connectivity index (χ0) is 34.7. The van der Waals surface area contributed by atoms with Crippen LogP contribution in [0.4, 0.5) is 0 Å². The maximum Gasteiger partial charge on any atom is 0.254 e. The molecule has 1 saturated heterocycles. The first-order valence-corrected chi connectivity index (χ1v) is 17.8. The molecule has 0 spiro atoms. The van der Waals surface area contributed by atoms with Crippen LogP contribution in [0.25, 0.3) is 11.0 Å². The highest BCUT2D eigenvalue weighted by Gasteiger charge is 2.20. The second-order valence-electron chi connectivity index (χ2n) is 13.1. The summed E-state index contributed by atoms with van der Waals surface area (Å²) in [5.74, 6) is 1.10. The average Bonchev–Trinajstić information content (AvgIpc) is 3.51. The molecule has 4 aromatic carbocycles. The molecule has 9 nitrogen and oxygen atoms in total. The van der Waals surface area contributed by atoms with E-state index in [0.717, 1.165) is 105 Å². The Labute approximate surface area is 295 Å². The second kappa shape index (κ2) is 17.2. The van der Waals surface area contributed by atoms with Gasteiger partial charge in [-0.2, -0.15) is 0 Å². The number of carbonyl (C=O) groups is 1. The molecule has 5 aromatic rings. The number of hydrogen-bond acceptors (Lipinski definition) is 6. The Bertz CT molecular complexity index is 1850. The minimum absolute atomic E-state index is 0.0110. The molecule has 0 unspecified atom stereocenters. The third-order valence-electron chi connectivity index (χ3n) is 9.59. The Morgan fingerprint density at radius 1 is 0.780 bits per heavy atom. The van der Waals surface area contributed by atoms with E-state index in [1.54, 1.807) is 0 Å². The number of amides is 1. The van der Waals surface area contributed by atoms with Gasteiger partial charge < -0.3 is 25.7 Å². The Balaban J connectivity index is 1.23. The zero-order valence-electron chi connectivity index (χ0n) is 28.9. The third-order valence-corrected chi connectivity index (χ3v) is 9.59. The largest absolute Gasteiger partial charge is 0.384 e. The van der Waals surface area contributed by atoms with Gasteiger partial charge in [0.05, 0.1) is 24.2 Å². The molecule has 1 aliphatic heterocycles. The SMILES string of the molecule is N=C(N)c1ccc(CCc2nc3cc(C(=O)N(CCCc4ccccc4)Cc4ccc(CN)cc4)ccc3n2CCCN2CCOCC2)cc1. The number of morpholine rings is 1. The van der Waals surface area contributed by atoms with Crippen molar-refractivity contribution < 1.29 is 9.53 Å². The van der Waals surface area contributed by atoms with Crippen molar-refractivity contribution in [3.63, 3.8) is 0 Å². The van der Waals surface area contributed by atoms with Crippen molar-refractivity contribution >= 4 is 22.8 Å². The van der Waals surface area contributed by atoms with Gasteiger partial charge >= 0.3 is 0 Å². The molecule has 5 N–H and O–H groups in total. The molecule has 1 aromatic heterocycles. The first kappa shape index (κ1) is 35.0. The number of benzene rings is 4. The Morgan fingerprint density at radius 2 is 1.46 bits per heavy atom. The molecular weight excluding hydrogens is 622 g/mol. The lowest BCUT2D eigenvalue weighted by Crippen LogP contribution is -2.37. The van der Waals surface area contributed by atoms with Gasteiger partial charge in [-0.1, -0.05) is 78.9 Å². The first-order valence-electron chi connectivity index (χ1n) is 17.8. The number of nitrogens with two attached hydrogens (primary N) is 2. The van der Waals surface area contributed by atoms with E-state index in [1.165, 1.54) is 11.1 Å². The molecule has 1 amide bonds. The number of imidazole rings is 1. The van der Waals surface area contributed by atoms with Crippen LogP contribution in [-0.4, -0.2) is 70.5 Å². The van der Waals surface area contributed by atoms with Gasteiger partial charge in [0.2, 0.25) is 0 Å². The summed E-state index contributed by atoms with van der Waals surface area (Å²) in [6, 6.07) is 32.6. The number of hydrogen-bond donors (Lipinski definition) is 3. The highest BCUT2D eigenvalue weighted by atomic mass is 16.5. The van der Waals surface area contributed by atoms with Crippen LogP contribution in [0.5, 0.6) is 0 Å². The third kappa shape index (κ3) is 9.24. The highest BCUT2D eigenvalue weighted by molar-refractivity contribution is 5.97. The van der Waals surface area contributed by atoms with E-state index in [4.69, 9.17) is 26.6 Å². The molecule has 9 heteroatoms. The van der Waals surface area contributed by atoms with Gasteiger partial charge in [-0.15, -0.1) is 0 Å². The van der Waals surface area contributed by atoms with Gasteiger partial charge in [-0.25, -0.2) is 4.98 Å². The van der Waals surface area contributed by atoms with Gasteiger partial charge in [0, 0.05) is 63.4 Å². The number of nitrogens with zero attached hydrogens (tertiary/aromatic N) is 4. The molecule has 0 aliphatic carbocycles. The molecule has 0 saturated carbocycles. The number of aryl methyl sites for hydroxylation is 4. The molecule has 0 radical (unpaired) electrons. The van der Waals surface area contributed by atoms with Crippen molar-refractivity contribution in [2.24, 2.45) is 11.5 Å². The lowest BCUT2D eigenvalue weighted by atomic mass is 10.1. The predicted octanol–water partition coefficient (Wildman–Crippen LogP) is 5.56. The summed E-state index contributed by atoms with van der Waals surface area (Å²) in [5, 5.41) is 7.71. The molecule has 0 bridgehead atoms. The molecule has 6 rings (SSSR count). The Morgan fingerprint density at radius 3 is 2.18 bits per heavy atom. The van der Waals surface area contributed by atoms with Crippen molar-refractivity contribution in [2.75, 3.05) is 39.4 Å². The number of carbonyl (C=O) groups excluding carboxylic acids is 1. The van der Waals surface area contributed by atoms with E-state index in [-0.39, 0.29) is 11.7 Å². The summed E-state index contributed by atoms with van der Waals surface area (Å²) < 4.78 is 7.88. The van der Waals surface area contributed by atoms with Gasteiger partial charge in [0.15, 0.2) is 0 Å². The molecular formula is C41H49N7O2. The first-order chi connectivity index (χ1) is 24.5. The summed E-state index contributed by atoms with van der Waals surface area (Å²) in [4.78, 5) is 23.8. The molecule has 1 fully saturated rings. The fourth-order valence-corrected chi connectivity index (χ4v) is 6.69. The van der Waals surface area contributed by atoms with Crippen LogP contribution in [0, 0.1) is 5.41 Å². The number of ether oxygens (including phenoxy) is 1. The maximum absolute atomic E-state index is 14.2. The van der Waals surface area contributed by atoms with Gasteiger partial charge in [-0.05, 0) is 66.1 Å². The monoisotopic (exact) mass is 671 g/mol. The smallest absolute Gasteiger partial charge is 0.254 e. The van der Waals surface area contributed by atoms with Crippen molar-refractivity contribution in [3.8, 4) is 0 Å². The van der Waals surface area contributed by atoms with Crippen LogP contribution in [0.3, 0.4) is 0 Å². The number of fused-ring (bicyclic) bond motifs is 1. The lowest BCUT2D eigenvalue weighted by molar-refractivity contribution is 0.0369. The fraction of sp³-hybridized carbons (Fsp3) is 0.341. The van der Waals surface area contributed by atoms with Crippen LogP contribution in [-0.2, 0) is 43.6 Å². The van der Waals surface area contributed by atoms with E-state index >= 15 is 0 Å². The van der Waals surface area contributed by atoms with E-state index in [1.807, 2.05) is 59.5 Å². The maximum atomic E-state index is 14.2. The van der Waals surface area contributed by atoms with E-state index in [2.05, 4.69) is 51.9 Å². The van der Waals surface area contributed by atoms with Crippen LogP contribution in [0.1, 0.15) is 56.8 Å². The molecule has 0 atom stereocenters. The number of amidine groups is 1. The number of nitrogens with one attached hydrogen (secondary N) is 1. The van der Waals surface area contributed by atoms with Crippen molar-refractivity contribution in [1.82, 2.24) is 19.4 Å². The van der Waals surface area contributed by atoms with Crippen LogP contribution >= 0.6 is 0 Å². The fourth-order valence-electron chi connectivity index (χ4n) is 6.69. The van der Waals surface area contributed by atoms with Crippen LogP contribution in [0.2, 0.25) is 0 Å². The standard InChI is InChI=1S/C41H49N7O2/c42-29-33-9-11-34(12-10-33)30-47(22-4-8-31-6-2-1-3-7-31)41(49)36-18-19-38-37(28-36)45-39(20-15-32-13-16-35(17-14-32)40(43)44)48(38)23-5-21-46-24-26-50-27-25-46/h1-3,6-7,9-14,16-19,28H,4-5,8,15,20-27,29-30,42H2,(H3,43,44). The summed E-state index contributed by atoms with van der Waals surface area (Å²) in [7, 11) is 0. The zero-order valence-corrected chi connectivity index (χ0v) is 28.9. The normalized spacial score (nSPS) is 13.5. The molecule has 1 aliphatic rings. The number of rotatable bonds is 16. The van der Waals surface area contributed by atoms with Gasteiger partial charge in [-0.3, -0.25) is 15.1 Å². The topological polar surface area (TPSA) is 126 Å². The minimum atomic E-state index is 0.0110. The number of nitrogen functional groups attached to an aromatic ring is 1. The predicted molar refractivity (Wildman–Crippen MR) is 200 cm³/mol. The van der Waals surface area contributed by atoms with Gasteiger partial charge in [0.25, 0.3) is 5.91 Å². The van der Waals surface area contributed by atoms with E-state index < -0.39 is 0 Å². The summed E-state index contributed by atoms with van der Waals surface area (Å²) >= 11 is 0.